The first kappa shape index (κ1) is 11.6. The number of hydrogen-bond donors (Lipinski definition) is 0. The van der Waals surface area contributed by atoms with Crippen LogP contribution in [0.25, 0.3) is 0 Å². The Morgan fingerprint density at radius 2 is 2.12 bits per heavy atom. The van der Waals surface area contributed by atoms with E-state index in [0.717, 1.165) is 18.2 Å². The molecule has 2 atom stereocenters. The number of anilines is 1. The number of hydrogen-bond acceptors (Lipinski definition) is 3. The van der Waals surface area contributed by atoms with Crippen molar-refractivity contribution < 1.29 is 0 Å². The average molecular weight is 240 g/mol. The molecule has 3 nitrogen and oxygen atoms in total. The van der Waals surface area contributed by atoms with Gasteiger partial charge in [0, 0.05) is 18.7 Å². The molecule has 0 bridgehead atoms. The number of piperidine rings is 1. The lowest BCUT2D eigenvalue weighted by atomic mass is 9.92. The van der Waals surface area contributed by atoms with Crippen molar-refractivity contribution >= 4 is 17.4 Å². The molecule has 2 rings (SSSR count). The van der Waals surface area contributed by atoms with E-state index in [2.05, 4.69) is 28.7 Å². The molecule has 0 saturated carbocycles. The standard InChI is InChI=1S/C12H18ClN3/c1-8-5-4-6-16(9(8)2)12-7-11(13)14-10(3)15-12/h7-9H,4-6H2,1-3H3. The van der Waals surface area contributed by atoms with Crippen LogP contribution in [0.15, 0.2) is 6.07 Å². The summed E-state index contributed by atoms with van der Waals surface area (Å²) in [7, 11) is 0. The van der Waals surface area contributed by atoms with Gasteiger partial charge in [-0.3, -0.25) is 0 Å². The van der Waals surface area contributed by atoms with E-state index in [9.17, 15) is 0 Å². The maximum absolute atomic E-state index is 5.98. The number of aromatic nitrogens is 2. The van der Waals surface area contributed by atoms with Gasteiger partial charge in [-0.15, -0.1) is 0 Å². The van der Waals surface area contributed by atoms with Gasteiger partial charge in [-0.05, 0) is 32.6 Å². The van der Waals surface area contributed by atoms with Gasteiger partial charge in [0.15, 0.2) is 0 Å². The van der Waals surface area contributed by atoms with E-state index in [1.165, 1.54) is 12.8 Å². The third kappa shape index (κ3) is 2.29. The molecule has 1 fully saturated rings. The van der Waals surface area contributed by atoms with Gasteiger partial charge in [0.1, 0.15) is 16.8 Å². The van der Waals surface area contributed by atoms with Crippen LogP contribution in [0, 0.1) is 12.8 Å². The van der Waals surface area contributed by atoms with Crippen molar-refractivity contribution in [3.8, 4) is 0 Å². The zero-order valence-electron chi connectivity index (χ0n) is 10.1. The van der Waals surface area contributed by atoms with Crippen molar-refractivity contribution in [2.24, 2.45) is 5.92 Å². The lowest BCUT2D eigenvalue weighted by molar-refractivity contribution is 0.361. The number of rotatable bonds is 1. The second-order valence-corrected chi connectivity index (χ2v) is 5.04. The molecule has 0 radical (unpaired) electrons. The summed E-state index contributed by atoms with van der Waals surface area (Å²) >= 11 is 5.98. The largest absolute Gasteiger partial charge is 0.353 e. The number of aryl methyl sites for hydroxylation is 1. The van der Waals surface area contributed by atoms with Gasteiger partial charge < -0.3 is 4.90 Å². The Kier molecular flexibility index (Phi) is 3.33. The van der Waals surface area contributed by atoms with Crippen LogP contribution >= 0.6 is 11.6 Å². The van der Waals surface area contributed by atoms with Gasteiger partial charge in [0.25, 0.3) is 0 Å². The maximum Gasteiger partial charge on any atom is 0.134 e. The van der Waals surface area contributed by atoms with E-state index in [4.69, 9.17) is 11.6 Å². The van der Waals surface area contributed by atoms with Gasteiger partial charge in [-0.25, -0.2) is 9.97 Å². The molecule has 2 heterocycles. The minimum absolute atomic E-state index is 0.527. The van der Waals surface area contributed by atoms with Gasteiger partial charge in [-0.1, -0.05) is 18.5 Å². The van der Waals surface area contributed by atoms with Crippen LogP contribution in [0.4, 0.5) is 5.82 Å². The molecule has 4 heteroatoms. The molecule has 2 unspecified atom stereocenters. The second-order valence-electron chi connectivity index (χ2n) is 4.65. The van der Waals surface area contributed by atoms with Crippen LogP contribution in [0.3, 0.4) is 0 Å². The van der Waals surface area contributed by atoms with E-state index in [1.807, 2.05) is 13.0 Å². The molecule has 88 valence electrons. The molecular weight excluding hydrogens is 222 g/mol. The summed E-state index contributed by atoms with van der Waals surface area (Å²) < 4.78 is 0. The Morgan fingerprint density at radius 1 is 1.38 bits per heavy atom. The predicted molar refractivity (Wildman–Crippen MR) is 67.0 cm³/mol. The van der Waals surface area contributed by atoms with Gasteiger partial charge in [-0.2, -0.15) is 0 Å². The fourth-order valence-electron chi connectivity index (χ4n) is 2.32. The van der Waals surface area contributed by atoms with Crippen LogP contribution in [0.2, 0.25) is 5.15 Å². The summed E-state index contributed by atoms with van der Waals surface area (Å²) in [6.45, 7) is 7.51. The molecule has 0 spiro atoms. The predicted octanol–water partition coefficient (Wildman–Crippen LogP) is 3.06. The highest BCUT2D eigenvalue weighted by molar-refractivity contribution is 6.29. The smallest absolute Gasteiger partial charge is 0.134 e. The maximum atomic E-state index is 5.98. The summed E-state index contributed by atoms with van der Waals surface area (Å²) in [6.07, 6.45) is 2.53. The highest BCUT2D eigenvalue weighted by atomic mass is 35.5. The lowest BCUT2D eigenvalue weighted by Crippen LogP contribution is -2.43. The van der Waals surface area contributed by atoms with E-state index < -0.39 is 0 Å². The molecular formula is C12H18ClN3. The molecule has 0 amide bonds. The summed E-state index contributed by atoms with van der Waals surface area (Å²) in [4.78, 5) is 10.9. The van der Waals surface area contributed by atoms with Crippen LogP contribution in [-0.4, -0.2) is 22.6 Å². The Bertz CT molecular complexity index is 360. The SMILES string of the molecule is Cc1nc(Cl)cc(N2CCCC(C)C2C)n1. The van der Waals surface area contributed by atoms with Crippen molar-refractivity contribution in [2.75, 3.05) is 11.4 Å². The Balaban J connectivity index is 2.28. The molecule has 1 aromatic rings. The minimum atomic E-state index is 0.527. The van der Waals surface area contributed by atoms with Crippen molar-refractivity contribution in [1.82, 2.24) is 9.97 Å². The van der Waals surface area contributed by atoms with E-state index in [1.54, 1.807) is 0 Å². The van der Waals surface area contributed by atoms with Gasteiger partial charge in [0.2, 0.25) is 0 Å². The minimum Gasteiger partial charge on any atom is -0.353 e. The fourth-order valence-corrected chi connectivity index (χ4v) is 2.54. The quantitative estimate of drug-likeness (QED) is 0.706. The Labute approximate surface area is 102 Å². The summed E-state index contributed by atoms with van der Waals surface area (Å²) in [5.74, 6) is 2.42. The fraction of sp³-hybridized carbons (Fsp3) is 0.667. The molecule has 0 aliphatic carbocycles. The van der Waals surface area contributed by atoms with Gasteiger partial charge >= 0.3 is 0 Å². The lowest BCUT2D eigenvalue weighted by Gasteiger charge is -2.38. The molecule has 1 aliphatic rings. The second kappa shape index (κ2) is 4.58. The molecule has 1 saturated heterocycles. The molecule has 16 heavy (non-hydrogen) atoms. The van der Waals surface area contributed by atoms with E-state index >= 15 is 0 Å². The van der Waals surface area contributed by atoms with Crippen LogP contribution in [-0.2, 0) is 0 Å². The van der Waals surface area contributed by atoms with E-state index in [-0.39, 0.29) is 0 Å². The van der Waals surface area contributed by atoms with Crippen molar-refractivity contribution in [3.63, 3.8) is 0 Å². The highest BCUT2D eigenvalue weighted by Gasteiger charge is 2.25. The first-order chi connectivity index (χ1) is 7.58. The third-order valence-corrected chi connectivity index (χ3v) is 3.65. The third-order valence-electron chi connectivity index (χ3n) is 3.46. The van der Waals surface area contributed by atoms with Crippen LogP contribution in [0.5, 0.6) is 0 Å². The topological polar surface area (TPSA) is 29.0 Å². The molecule has 0 N–H and O–H groups in total. The number of halogens is 1. The average Bonchev–Trinajstić information content (AvgIpc) is 2.20. The van der Waals surface area contributed by atoms with Crippen molar-refractivity contribution in [1.29, 1.82) is 0 Å². The Morgan fingerprint density at radius 3 is 2.81 bits per heavy atom. The van der Waals surface area contributed by atoms with Crippen molar-refractivity contribution in [2.45, 2.75) is 39.7 Å². The molecule has 1 aliphatic heterocycles. The monoisotopic (exact) mass is 239 g/mol. The summed E-state index contributed by atoms with van der Waals surface area (Å²) in [6, 6.07) is 2.39. The highest BCUT2D eigenvalue weighted by Crippen LogP contribution is 2.28. The first-order valence-corrected chi connectivity index (χ1v) is 6.23. The zero-order valence-corrected chi connectivity index (χ0v) is 10.8. The van der Waals surface area contributed by atoms with E-state index in [0.29, 0.717) is 17.1 Å². The van der Waals surface area contributed by atoms with Gasteiger partial charge in [0.05, 0.1) is 0 Å². The van der Waals surface area contributed by atoms with Crippen LogP contribution in [0.1, 0.15) is 32.5 Å². The molecule has 1 aromatic heterocycles. The first-order valence-electron chi connectivity index (χ1n) is 5.86. The van der Waals surface area contributed by atoms with Crippen LogP contribution < -0.4 is 4.90 Å². The van der Waals surface area contributed by atoms with Crippen molar-refractivity contribution in [3.05, 3.63) is 17.0 Å². The summed E-state index contributed by atoms with van der Waals surface area (Å²) in [5.41, 5.74) is 0. The normalized spacial score (nSPS) is 25.9. The zero-order chi connectivity index (χ0) is 11.7. The molecule has 0 aromatic carbocycles. The Hall–Kier alpha value is -0.830. The number of nitrogens with zero attached hydrogens (tertiary/aromatic N) is 3. The summed E-state index contributed by atoms with van der Waals surface area (Å²) in [5, 5.41) is 0.535.